The van der Waals surface area contributed by atoms with Crippen LogP contribution in [0.4, 0.5) is 5.69 Å². The zero-order chi connectivity index (χ0) is 24.0. The van der Waals surface area contributed by atoms with E-state index in [1.165, 1.54) is 16.7 Å². The third-order valence-electron chi connectivity index (χ3n) is 7.52. The summed E-state index contributed by atoms with van der Waals surface area (Å²) in [6.07, 6.45) is 2.61. The van der Waals surface area contributed by atoms with E-state index in [9.17, 15) is 9.90 Å². The van der Waals surface area contributed by atoms with Gasteiger partial charge in [-0.3, -0.25) is 4.79 Å². The van der Waals surface area contributed by atoms with Crippen LogP contribution in [0.5, 0.6) is 0 Å². The largest absolute Gasteiger partial charge is 0.390 e. The van der Waals surface area contributed by atoms with Crippen molar-refractivity contribution in [3.8, 4) is 0 Å². The second-order valence-electron chi connectivity index (χ2n) is 10.6. The monoisotopic (exact) mass is 460 g/mol. The number of nitrogens with zero attached hydrogens (tertiary/aromatic N) is 3. The van der Waals surface area contributed by atoms with Gasteiger partial charge in [0.2, 0.25) is 5.91 Å². The first-order valence-electron chi connectivity index (χ1n) is 12.6. The molecule has 0 bridgehead atoms. The van der Waals surface area contributed by atoms with Crippen LogP contribution in [0.3, 0.4) is 0 Å². The van der Waals surface area contributed by atoms with Gasteiger partial charge in [0.15, 0.2) is 0 Å². The second-order valence-corrected chi connectivity index (χ2v) is 10.6. The smallest absolute Gasteiger partial charge is 0.226 e. The highest BCUT2D eigenvalue weighted by atomic mass is 16.3. The molecule has 6 heteroatoms. The maximum absolute atomic E-state index is 12.0. The Morgan fingerprint density at radius 2 is 1.94 bits per heavy atom. The summed E-state index contributed by atoms with van der Waals surface area (Å²) in [5, 5.41) is 14.2. The summed E-state index contributed by atoms with van der Waals surface area (Å²) in [6.45, 7) is 10.6. The van der Waals surface area contributed by atoms with Crippen LogP contribution in [0.15, 0.2) is 36.4 Å². The molecule has 0 spiro atoms. The zero-order valence-corrected chi connectivity index (χ0v) is 20.7. The SMILES string of the molecule is Cc1ccc2c(c1)nc(C)n2C1CCN(CC2Cc3ccc(NC(=O)C(C)C)cc3C2)CC1O. The van der Waals surface area contributed by atoms with Crippen LogP contribution in [0.25, 0.3) is 11.0 Å². The number of piperidine rings is 1. The lowest BCUT2D eigenvalue weighted by atomic mass is 9.98. The maximum atomic E-state index is 12.0. The molecule has 3 atom stereocenters. The molecule has 5 rings (SSSR count). The Morgan fingerprint density at radius 3 is 2.71 bits per heavy atom. The van der Waals surface area contributed by atoms with Crippen LogP contribution in [-0.2, 0) is 17.6 Å². The number of nitrogens with one attached hydrogen (secondary N) is 1. The molecule has 1 amide bonds. The molecule has 34 heavy (non-hydrogen) atoms. The number of anilines is 1. The van der Waals surface area contributed by atoms with Crippen molar-refractivity contribution in [2.24, 2.45) is 11.8 Å². The normalized spacial score (nSPS) is 22.9. The highest BCUT2D eigenvalue weighted by molar-refractivity contribution is 5.92. The van der Waals surface area contributed by atoms with E-state index in [4.69, 9.17) is 4.98 Å². The minimum absolute atomic E-state index is 0.0245. The Hall–Kier alpha value is -2.70. The van der Waals surface area contributed by atoms with Gasteiger partial charge >= 0.3 is 0 Å². The first-order valence-corrected chi connectivity index (χ1v) is 12.6. The van der Waals surface area contributed by atoms with Crippen molar-refractivity contribution in [1.82, 2.24) is 14.5 Å². The fraction of sp³-hybridized carbons (Fsp3) is 0.500. The minimum atomic E-state index is -0.409. The van der Waals surface area contributed by atoms with E-state index in [0.29, 0.717) is 12.5 Å². The first-order chi connectivity index (χ1) is 16.3. The number of aliphatic hydroxyl groups excluding tert-OH is 1. The Labute approximate surface area is 202 Å². The van der Waals surface area contributed by atoms with Gasteiger partial charge in [0.05, 0.1) is 23.2 Å². The van der Waals surface area contributed by atoms with E-state index in [1.807, 2.05) is 26.8 Å². The Kier molecular flexibility index (Phi) is 6.21. The Morgan fingerprint density at radius 1 is 1.15 bits per heavy atom. The van der Waals surface area contributed by atoms with Crippen LogP contribution >= 0.6 is 0 Å². The number of carbonyl (C=O) groups is 1. The van der Waals surface area contributed by atoms with Crippen LogP contribution in [0.1, 0.15) is 48.8 Å². The fourth-order valence-corrected chi connectivity index (χ4v) is 5.77. The van der Waals surface area contributed by atoms with Crippen LogP contribution in [-0.4, -0.2) is 51.2 Å². The van der Waals surface area contributed by atoms with Gasteiger partial charge in [-0.25, -0.2) is 4.98 Å². The van der Waals surface area contributed by atoms with E-state index in [1.54, 1.807) is 0 Å². The van der Waals surface area contributed by atoms with Gasteiger partial charge in [0, 0.05) is 31.2 Å². The molecule has 2 aliphatic rings. The summed E-state index contributed by atoms with van der Waals surface area (Å²) in [7, 11) is 0. The van der Waals surface area contributed by atoms with Crippen LogP contribution in [0.2, 0.25) is 0 Å². The molecule has 2 N–H and O–H groups in total. The van der Waals surface area contributed by atoms with Gasteiger partial charge in [-0.2, -0.15) is 0 Å². The van der Waals surface area contributed by atoms with Gasteiger partial charge < -0.3 is 19.9 Å². The van der Waals surface area contributed by atoms with Crippen molar-refractivity contribution in [1.29, 1.82) is 0 Å². The van der Waals surface area contributed by atoms with Crippen molar-refractivity contribution in [3.63, 3.8) is 0 Å². The average molecular weight is 461 g/mol. The van der Waals surface area contributed by atoms with Crippen molar-refractivity contribution in [3.05, 3.63) is 58.9 Å². The third kappa shape index (κ3) is 4.49. The number of hydrogen-bond donors (Lipinski definition) is 2. The van der Waals surface area contributed by atoms with E-state index >= 15 is 0 Å². The highest BCUT2D eigenvalue weighted by Gasteiger charge is 2.33. The molecule has 1 aromatic heterocycles. The van der Waals surface area contributed by atoms with Gasteiger partial charge in [-0.15, -0.1) is 0 Å². The van der Waals surface area contributed by atoms with Crippen molar-refractivity contribution < 1.29 is 9.90 Å². The number of imidazole rings is 1. The van der Waals surface area contributed by atoms with E-state index in [0.717, 1.165) is 54.9 Å². The molecule has 3 unspecified atom stereocenters. The number of rotatable bonds is 5. The molecule has 2 aromatic carbocycles. The van der Waals surface area contributed by atoms with Crippen LogP contribution < -0.4 is 5.32 Å². The number of fused-ring (bicyclic) bond motifs is 2. The van der Waals surface area contributed by atoms with Crippen molar-refractivity contribution in [2.75, 3.05) is 25.0 Å². The molecule has 1 aliphatic heterocycles. The number of aliphatic hydroxyl groups is 1. The lowest BCUT2D eigenvalue weighted by Gasteiger charge is -2.38. The number of likely N-dealkylation sites (tertiary alicyclic amines) is 1. The summed E-state index contributed by atoms with van der Waals surface area (Å²) in [5.41, 5.74) is 6.97. The standard InChI is InChI=1S/C28H36N4O2/c1-17(2)28(34)30-23-7-6-21-12-20(13-22(21)14-23)15-31-10-9-26(27(33)16-31)32-19(4)29-24-11-18(3)5-8-25(24)32/h5-8,11,14,17,20,26-27,33H,9-10,12-13,15-16H2,1-4H3,(H,30,34). The third-order valence-corrected chi connectivity index (χ3v) is 7.52. The molecule has 0 radical (unpaired) electrons. The minimum Gasteiger partial charge on any atom is -0.390 e. The van der Waals surface area contributed by atoms with E-state index < -0.39 is 6.10 Å². The molecular weight excluding hydrogens is 424 g/mol. The van der Waals surface area contributed by atoms with Gasteiger partial charge in [-0.1, -0.05) is 26.0 Å². The molecule has 3 aromatic rings. The number of β-amino-alcohol motifs (C(OH)–C–C–N with tert-alkyl or cyclic N) is 1. The topological polar surface area (TPSA) is 70.4 Å². The predicted molar refractivity (Wildman–Crippen MR) is 136 cm³/mol. The number of carbonyl (C=O) groups excluding carboxylic acids is 1. The number of hydrogen-bond acceptors (Lipinski definition) is 4. The molecule has 180 valence electrons. The summed E-state index contributed by atoms with van der Waals surface area (Å²) < 4.78 is 2.25. The fourth-order valence-electron chi connectivity index (χ4n) is 5.77. The molecule has 1 aliphatic carbocycles. The predicted octanol–water partition coefficient (Wildman–Crippen LogP) is 4.27. The van der Waals surface area contributed by atoms with Gasteiger partial charge in [0.1, 0.15) is 5.82 Å². The number of aryl methyl sites for hydroxylation is 2. The summed E-state index contributed by atoms with van der Waals surface area (Å²) in [4.78, 5) is 19.2. The Balaban J connectivity index is 1.22. The van der Waals surface area contributed by atoms with E-state index in [-0.39, 0.29) is 17.9 Å². The maximum Gasteiger partial charge on any atom is 0.226 e. The van der Waals surface area contributed by atoms with Gasteiger partial charge in [0.25, 0.3) is 0 Å². The number of amides is 1. The quantitative estimate of drug-likeness (QED) is 0.597. The molecule has 1 fully saturated rings. The molecule has 6 nitrogen and oxygen atoms in total. The lowest BCUT2D eigenvalue weighted by molar-refractivity contribution is -0.118. The van der Waals surface area contributed by atoms with Crippen LogP contribution in [0, 0.1) is 25.7 Å². The average Bonchev–Trinajstić information content (AvgIpc) is 3.32. The highest BCUT2D eigenvalue weighted by Crippen LogP contribution is 2.33. The number of aromatic nitrogens is 2. The summed E-state index contributed by atoms with van der Waals surface area (Å²) in [5.74, 6) is 1.56. The van der Waals surface area contributed by atoms with Gasteiger partial charge in [-0.05, 0) is 80.0 Å². The van der Waals surface area contributed by atoms with Crippen molar-refractivity contribution >= 4 is 22.6 Å². The molecule has 1 saturated heterocycles. The molecule has 2 heterocycles. The molecular formula is C28H36N4O2. The van der Waals surface area contributed by atoms with E-state index in [2.05, 4.69) is 52.0 Å². The molecule has 0 saturated carbocycles. The van der Waals surface area contributed by atoms with Crippen molar-refractivity contribution in [2.45, 2.75) is 59.1 Å². The Bertz CT molecular complexity index is 1210. The second kappa shape index (κ2) is 9.16. The lowest BCUT2D eigenvalue weighted by Crippen LogP contribution is -2.46. The summed E-state index contributed by atoms with van der Waals surface area (Å²) >= 11 is 0. The zero-order valence-electron chi connectivity index (χ0n) is 20.7. The first kappa shape index (κ1) is 23.1. The number of benzene rings is 2. The summed E-state index contributed by atoms with van der Waals surface area (Å²) in [6, 6.07) is 12.8.